The average Bonchev–Trinajstić information content (AvgIpc) is 3.37. The Labute approximate surface area is 182 Å². The van der Waals surface area contributed by atoms with Gasteiger partial charge in [-0.2, -0.15) is 5.10 Å². The van der Waals surface area contributed by atoms with Crippen LogP contribution >= 0.6 is 11.6 Å². The third-order valence-corrected chi connectivity index (χ3v) is 5.37. The molecule has 3 N–H and O–H groups in total. The number of urea groups is 1. The standard InChI is InChI=1S/C21H20ClFN6O2/c1-12-24-19(28-27-12)15-10-29(21(31)25-14-7-8-17(23)16(22)9-14)11-18(15)26-20(30)13-5-3-2-4-6-13/h2-9,15,18H,10-11H2,1H3,(H,25,31)(H,26,30)(H,24,27,28)/t15-,18-/m1/s1. The van der Waals surface area contributed by atoms with Gasteiger partial charge < -0.3 is 15.5 Å². The number of H-pyrrole nitrogens is 1. The molecule has 1 aromatic heterocycles. The van der Waals surface area contributed by atoms with Crippen LogP contribution in [0.3, 0.4) is 0 Å². The summed E-state index contributed by atoms with van der Waals surface area (Å²) in [4.78, 5) is 31.4. The molecule has 2 heterocycles. The molecule has 8 nitrogen and oxygen atoms in total. The van der Waals surface area contributed by atoms with Crippen molar-refractivity contribution in [3.8, 4) is 0 Å². The lowest BCUT2D eigenvalue weighted by molar-refractivity contribution is 0.0935. The first-order valence-corrected chi connectivity index (χ1v) is 10.0. The van der Waals surface area contributed by atoms with E-state index in [1.54, 1.807) is 36.1 Å². The Morgan fingerprint density at radius 1 is 1.19 bits per heavy atom. The van der Waals surface area contributed by atoms with Gasteiger partial charge in [0.05, 0.1) is 17.0 Å². The second kappa shape index (κ2) is 8.73. The summed E-state index contributed by atoms with van der Waals surface area (Å²) in [6, 6.07) is 12.0. The predicted octanol–water partition coefficient (Wildman–Crippen LogP) is 3.34. The van der Waals surface area contributed by atoms with Crippen molar-refractivity contribution in [1.29, 1.82) is 0 Å². The highest BCUT2D eigenvalue weighted by molar-refractivity contribution is 6.31. The number of aromatic nitrogens is 3. The third-order valence-electron chi connectivity index (χ3n) is 5.08. The maximum Gasteiger partial charge on any atom is 0.321 e. The van der Waals surface area contributed by atoms with Crippen molar-refractivity contribution in [2.75, 3.05) is 18.4 Å². The molecule has 0 saturated carbocycles. The third kappa shape index (κ3) is 4.66. The molecule has 0 bridgehead atoms. The number of amides is 3. The van der Waals surface area contributed by atoms with Crippen molar-refractivity contribution in [3.63, 3.8) is 0 Å². The van der Waals surface area contributed by atoms with Crippen LogP contribution in [0.2, 0.25) is 5.02 Å². The minimum Gasteiger partial charge on any atom is -0.347 e. The summed E-state index contributed by atoms with van der Waals surface area (Å²) in [6.45, 7) is 2.35. The Hall–Kier alpha value is -3.46. The molecule has 0 aliphatic carbocycles. The molecule has 1 aliphatic heterocycles. The number of likely N-dealkylation sites (tertiary alicyclic amines) is 1. The van der Waals surface area contributed by atoms with Gasteiger partial charge in [0.2, 0.25) is 0 Å². The Balaban J connectivity index is 1.51. The van der Waals surface area contributed by atoms with Crippen LogP contribution in [0.25, 0.3) is 0 Å². The molecule has 4 rings (SSSR count). The normalized spacial score (nSPS) is 18.1. The SMILES string of the molecule is Cc1nc([C@@H]2CN(C(=O)Nc3ccc(F)c(Cl)c3)C[C@H]2NC(=O)c2ccccc2)n[nH]1. The number of hydrogen-bond acceptors (Lipinski definition) is 4. The fraction of sp³-hybridized carbons (Fsp3) is 0.238. The predicted molar refractivity (Wildman–Crippen MR) is 114 cm³/mol. The van der Waals surface area contributed by atoms with Gasteiger partial charge in [-0.05, 0) is 37.3 Å². The largest absolute Gasteiger partial charge is 0.347 e. The van der Waals surface area contributed by atoms with E-state index in [-0.39, 0.29) is 29.4 Å². The van der Waals surface area contributed by atoms with Crippen molar-refractivity contribution in [2.24, 2.45) is 0 Å². The van der Waals surface area contributed by atoms with Crippen molar-refractivity contribution in [2.45, 2.75) is 18.9 Å². The summed E-state index contributed by atoms with van der Waals surface area (Å²) in [5.41, 5.74) is 0.898. The minimum atomic E-state index is -0.565. The average molecular weight is 443 g/mol. The van der Waals surface area contributed by atoms with Crippen LogP contribution in [0.5, 0.6) is 0 Å². The van der Waals surface area contributed by atoms with Gasteiger partial charge in [-0.1, -0.05) is 29.8 Å². The highest BCUT2D eigenvalue weighted by Gasteiger charge is 2.39. The van der Waals surface area contributed by atoms with Gasteiger partial charge in [-0.25, -0.2) is 14.2 Å². The van der Waals surface area contributed by atoms with Gasteiger partial charge in [0.15, 0.2) is 5.82 Å². The van der Waals surface area contributed by atoms with Crippen LogP contribution < -0.4 is 10.6 Å². The quantitative estimate of drug-likeness (QED) is 0.576. The summed E-state index contributed by atoms with van der Waals surface area (Å²) in [7, 11) is 0. The Morgan fingerprint density at radius 2 is 1.97 bits per heavy atom. The number of rotatable bonds is 4. The number of nitrogens with zero attached hydrogens (tertiary/aromatic N) is 3. The van der Waals surface area contributed by atoms with Crippen LogP contribution in [0.1, 0.15) is 27.9 Å². The van der Waals surface area contributed by atoms with E-state index < -0.39 is 11.8 Å². The second-order valence-corrected chi connectivity index (χ2v) is 7.70. The lowest BCUT2D eigenvalue weighted by Crippen LogP contribution is -2.41. The van der Waals surface area contributed by atoms with Gasteiger partial charge in [0.1, 0.15) is 11.6 Å². The molecule has 1 saturated heterocycles. The zero-order chi connectivity index (χ0) is 22.0. The highest BCUT2D eigenvalue weighted by Crippen LogP contribution is 2.27. The lowest BCUT2D eigenvalue weighted by atomic mass is 10.0. The smallest absolute Gasteiger partial charge is 0.321 e. The number of benzene rings is 2. The van der Waals surface area contributed by atoms with Crippen LogP contribution in [-0.4, -0.2) is 51.2 Å². The van der Waals surface area contributed by atoms with Crippen molar-refractivity contribution < 1.29 is 14.0 Å². The summed E-state index contributed by atoms with van der Waals surface area (Å²) >= 11 is 5.79. The van der Waals surface area contributed by atoms with Gasteiger partial charge >= 0.3 is 6.03 Å². The second-order valence-electron chi connectivity index (χ2n) is 7.30. The fourth-order valence-corrected chi connectivity index (χ4v) is 3.70. The summed E-state index contributed by atoms with van der Waals surface area (Å²) in [5.74, 6) is 0.0724. The van der Waals surface area contributed by atoms with E-state index in [2.05, 4.69) is 25.8 Å². The Morgan fingerprint density at radius 3 is 2.65 bits per heavy atom. The van der Waals surface area contributed by atoms with Crippen molar-refractivity contribution in [3.05, 3.63) is 76.6 Å². The number of aryl methyl sites for hydroxylation is 1. The van der Waals surface area contributed by atoms with E-state index in [9.17, 15) is 14.0 Å². The maximum atomic E-state index is 13.4. The highest BCUT2D eigenvalue weighted by atomic mass is 35.5. The molecular weight excluding hydrogens is 423 g/mol. The molecule has 3 aromatic rings. The molecule has 0 spiro atoms. The lowest BCUT2D eigenvalue weighted by Gasteiger charge is -2.18. The van der Waals surface area contributed by atoms with Gasteiger partial charge in [0, 0.05) is 24.3 Å². The number of anilines is 1. The molecule has 0 radical (unpaired) electrons. The Kier molecular flexibility index (Phi) is 5.85. The van der Waals surface area contributed by atoms with Crippen molar-refractivity contribution >= 4 is 29.2 Å². The number of carbonyl (C=O) groups is 2. The molecule has 2 atom stereocenters. The number of hydrogen-bond donors (Lipinski definition) is 3. The van der Waals surface area contributed by atoms with Crippen LogP contribution in [0.15, 0.2) is 48.5 Å². The molecule has 1 fully saturated rings. The monoisotopic (exact) mass is 442 g/mol. The van der Waals surface area contributed by atoms with E-state index in [4.69, 9.17) is 11.6 Å². The van der Waals surface area contributed by atoms with E-state index >= 15 is 0 Å². The first kappa shape index (κ1) is 20.8. The summed E-state index contributed by atoms with van der Waals surface area (Å²) in [6.07, 6.45) is 0. The maximum absolute atomic E-state index is 13.4. The number of nitrogens with one attached hydrogen (secondary N) is 3. The van der Waals surface area contributed by atoms with Crippen LogP contribution in [0.4, 0.5) is 14.9 Å². The summed E-state index contributed by atoms with van der Waals surface area (Å²) < 4.78 is 13.4. The minimum absolute atomic E-state index is 0.0821. The zero-order valence-corrected chi connectivity index (χ0v) is 17.4. The first-order chi connectivity index (χ1) is 14.9. The number of halogens is 2. The van der Waals surface area contributed by atoms with E-state index in [0.29, 0.717) is 29.4 Å². The molecule has 2 aromatic carbocycles. The molecular formula is C21H20ClFN6O2. The van der Waals surface area contributed by atoms with E-state index in [0.717, 1.165) is 0 Å². The van der Waals surface area contributed by atoms with Crippen molar-refractivity contribution in [1.82, 2.24) is 25.4 Å². The Bertz CT molecular complexity index is 1110. The number of aromatic amines is 1. The van der Waals surface area contributed by atoms with Crippen LogP contribution in [0, 0.1) is 12.7 Å². The van der Waals surface area contributed by atoms with Crippen LogP contribution in [-0.2, 0) is 0 Å². The van der Waals surface area contributed by atoms with Gasteiger partial charge in [-0.3, -0.25) is 9.89 Å². The van der Waals surface area contributed by atoms with Gasteiger partial charge in [-0.15, -0.1) is 0 Å². The number of carbonyl (C=O) groups excluding carboxylic acids is 2. The zero-order valence-electron chi connectivity index (χ0n) is 16.6. The molecule has 0 unspecified atom stereocenters. The molecule has 3 amide bonds. The summed E-state index contributed by atoms with van der Waals surface area (Å²) in [5, 5.41) is 12.6. The molecule has 160 valence electrons. The first-order valence-electron chi connectivity index (χ1n) is 9.66. The van der Waals surface area contributed by atoms with E-state index in [1.165, 1.54) is 18.2 Å². The molecule has 1 aliphatic rings. The van der Waals surface area contributed by atoms with E-state index in [1.807, 2.05) is 6.07 Å². The molecule has 10 heteroatoms. The molecule has 31 heavy (non-hydrogen) atoms. The topological polar surface area (TPSA) is 103 Å². The fourth-order valence-electron chi connectivity index (χ4n) is 3.52. The van der Waals surface area contributed by atoms with Gasteiger partial charge in [0.25, 0.3) is 5.91 Å².